The Morgan fingerprint density at radius 3 is 2.08 bits per heavy atom. The number of hydrogen-bond acceptors (Lipinski definition) is 17. The van der Waals surface area contributed by atoms with Crippen molar-refractivity contribution in [3.8, 4) is 0 Å². The Bertz CT molecular complexity index is 1760. The largest absolute Gasteiger partial charge is 0.432 e. The molecule has 0 bridgehead atoms. The molecule has 10 N–H and O–H groups in total. The van der Waals surface area contributed by atoms with E-state index in [1.54, 1.807) is 0 Å². The summed E-state index contributed by atoms with van der Waals surface area (Å²) in [4.78, 5) is 14.7. The first-order valence-electron chi connectivity index (χ1n) is 23.7. The van der Waals surface area contributed by atoms with Gasteiger partial charge < -0.3 is 79.5 Å². The summed E-state index contributed by atoms with van der Waals surface area (Å²) in [6.07, 6.45) is -12.0. The maximum atomic E-state index is 14.7. The van der Waals surface area contributed by atoms with Crippen molar-refractivity contribution < 1.29 is 84.3 Å². The normalized spacial score (nSPS) is 56.1. The van der Waals surface area contributed by atoms with Gasteiger partial charge in [0.15, 0.2) is 12.6 Å². The minimum Gasteiger partial charge on any atom is -0.432 e. The number of carbonyl (C=O) groups is 1. The number of aliphatic hydroxyl groups is 10. The first-order chi connectivity index (χ1) is 29.8. The predicted molar refractivity (Wildman–Crippen MR) is 224 cm³/mol. The fourth-order valence-electron chi connectivity index (χ4n) is 14.9. The summed E-state index contributed by atoms with van der Waals surface area (Å²) >= 11 is 0. The number of fused-ring (bicyclic) bond motifs is 7. The van der Waals surface area contributed by atoms with E-state index in [-0.39, 0.29) is 41.3 Å². The molecule has 64 heavy (non-hydrogen) atoms. The van der Waals surface area contributed by atoms with Gasteiger partial charge in [-0.25, -0.2) is 0 Å². The molecule has 0 aromatic heterocycles. The molecule has 0 amide bonds. The molecule has 0 unspecified atom stereocenters. The third-order valence-corrected chi connectivity index (χ3v) is 19.3. The molecule has 3 heterocycles. The van der Waals surface area contributed by atoms with Crippen LogP contribution in [0.3, 0.4) is 0 Å². The third kappa shape index (κ3) is 7.23. The molecule has 17 heteroatoms. The van der Waals surface area contributed by atoms with E-state index >= 15 is 0 Å². The van der Waals surface area contributed by atoms with Crippen molar-refractivity contribution in [1.29, 1.82) is 0 Å². The Hall–Kier alpha value is -1.39. The molecule has 0 aromatic carbocycles. The minimum absolute atomic E-state index is 0.144. The van der Waals surface area contributed by atoms with E-state index in [1.807, 2.05) is 13.8 Å². The van der Waals surface area contributed by atoms with E-state index < -0.39 is 126 Å². The highest BCUT2D eigenvalue weighted by molar-refractivity contribution is 5.79. The third-order valence-electron chi connectivity index (χ3n) is 19.3. The molecule has 8 aliphatic rings. The lowest BCUT2D eigenvalue weighted by Gasteiger charge is -2.72. The smallest absolute Gasteiger partial charge is 0.315 e. The molecule has 0 aromatic rings. The summed E-state index contributed by atoms with van der Waals surface area (Å²) in [5.41, 5.74) is -2.62. The van der Waals surface area contributed by atoms with Crippen LogP contribution in [0.25, 0.3) is 0 Å². The number of carbonyl (C=O) groups excluding carboxylic acids is 1. The summed E-state index contributed by atoms with van der Waals surface area (Å²) in [5.74, 6) is -0.983. The zero-order valence-corrected chi connectivity index (χ0v) is 38.7. The monoisotopic (exact) mass is 913 g/mol. The Morgan fingerprint density at radius 1 is 0.719 bits per heavy atom. The number of esters is 1. The van der Waals surface area contributed by atoms with Crippen LogP contribution in [-0.4, -0.2) is 168 Å². The van der Waals surface area contributed by atoms with E-state index in [4.69, 9.17) is 28.4 Å². The van der Waals surface area contributed by atoms with Crippen molar-refractivity contribution in [3.05, 3.63) is 11.6 Å². The molecule has 7 fully saturated rings. The Labute approximate surface area is 376 Å². The van der Waals surface area contributed by atoms with Gasteiger partial charge in [-0.05, 0) is 111 Å². The van der Waals surface area contributed by atoms with Crippen molar-refractivity contribution in [1.82, 2.24) is 0 Å². The van der Waals surface area contributed by atoms with Crippen molar-refractivity contribution in [3.63, 3.8) is 0 Å². The van der Waals surface area contributed by atoms with Crippen LogP contribution >= 0.6 is 0 Å². The number of hydrogen-bond donors (Lipinski definition) is 10. The highest BCUT2D eigenvalue weighted by atomic mass is 16.8. The Morgan fingerprint density at radius 2 is 1.39 bits per heavy atom. The van der Waals surface area contributed by atoms with Crippen molar-refractivity contribution in [2.45, 2.75) is 211 Å². The first kappa shape index (κ1) is 49.0. The van der Waals surface area contributed by atoms with Crippen LogP contribution in [0.4, 0.5) is 0 Å². The predicted octanol–water partition coefficient (Wildman–Crippen LogP) is 0.778. The van der Waals surface area contributed by atoms with Crippen molar-refractivity contribution in [2.75, 3.05) is 13.2 Å². The lowest BCUT2D eigenvalue weighted by Crippen LogP contribution is -2.68. The number of aliphatic hydroxyl groups excluding tert-OH is 9. The second kappa shape index (κ2) is 16.9. The van der Waals surface area contributed by atoms with E-state index in [1.165, 1.54) is 6.92 Å². The van der Waals surface area contributed by atoms with E-state index in [0.29, 0.717) is 32.1 Å². The van der Waals surface area contributed by atoms with Crippen molar-refractivity contribution >= 4 is 5.97 Å². The van der Waals surface area contributed by atoms with Crippen LogP contribution in [0.2, 0.25) is 0 Å². The van der Waals surface area contributed by atoms with Gasteiger partial charge in [-0.1, -0.05) is 53.2 Å². The highest BCUT2D eigenvalue weighted by Crippen LogP contribution is 2.76. The second-order valence-electron chi connectivity index (χ2n) is 22.7. The maximum absolute atomic E-state index is 14.7. The fourth-order valence-corrected chi connectivity index (χ4v) is 14.9. The van der Waals surface area contributed by atoms with Gasteiger partial charge in [0.2, 0.25) is 6.29 Å². The molecule has 17 nitrogen and oxygen atoms in total. The summed E-state index contributed by atoms with van der Waals surface area (Å²) in [7, 11) is 0. The zero-order valence-electron chi connectivity index (χ0n) is 38.7. The van der Waals surface area contributed by atoms with E-state index in [2.05, 4.69) is 40.7 Å². The maximum Gasteiger partial charge on any atom is 0.315 e. The molecule has 4 saturated carbocycles. The summed E-state index contributed by atoms with van der Waals surface area (Å²) < 4.78 is 36.1. The fraction of sp³-hybridized carbons (Fsp3) is 0.936. The second-order valence-corrected chi connectivity index (χ2v) is 22.7. The topological polar surface area (TPSA) is 275 Å². The van der Waals surface area contributed by atoms with E-state index in [0.717, 1.165) is 31.3 Å². The summed E-state index contributed by atoms with van der Waals surface area (Å²) in [6.45, 7) is 16.0. The first-order valence-corrected chi connectivity index (χ1v) is 23.7. The Balaban J connectivity index is 1.05. The van der Waals surface area contributed by atoms with Gasteiger partial charge in [-0.2, -0.15) is 0 Å². The van der Waals surface area contributed by atoms with Gasteiger partial charge in [-0.15, -0.1) is 0 Å². The molecule has 366 valence electrons. The number of allylic oxidation sites excluding steroid dienone is 1. The average molecular weight is 913 g/mol. The summed E-state index contributed by atoms with van der Waals surface area (Å²) in [6, 6.07) is 0. The quantitative estimate of drug-likeness (QED) is 0.0960. The van der Waals surface area contributed by atoms with Gasteiger partial charge in [-0.3, -0.25) is 4.79 Å². The molecule has 5 aliphatic carbocycles. The molecule has 0 spiro atoms. The molecular weight excluding hydrogens is 836 g/mol. The van der Waals surface area contributed by atoms with Gasteiger partial charge in [0, 0.05) is 5.92 Å². The molecular formula is C47H76O17. The van der Waals surface area contributed by atoms with Crippen molar-refractivity contribution in [2.24, 2.45) is 50.7 Å². The minimum atomic E-state index is -1.74. The molecule has 24 atom stereocenters. The molecule has 8 rings (SSSR count). The van der Waals surface area contributed by atoms with Crippen LogP contribution in [0.1, 0.15) is 113 Å². The van der Waals surface area contributed by atoms with Gasteiger partial charge in [0.05, 0.1) is 36.4 Å². The lowest BCUT2D eigenvalue weighted by molar-refractivity contribution is -0.364. The van der Waals surface area contributed by atoms with Crippen LogP contribution in [0.15, 0.2) is 11.6 Å². The van der Waals surface area contributed by atoms with Crippen LogP contribution < -0.4 is 0 Å². The van der Waals surface area contributed by atoms with Crippen LogP contribution in [0, 0.1) is 50.7 Å². The molecule has 3 saturated heterocycles. The van der Waals surface area contributed by atoms with Gasteiger partial charge in [0.1, 0.15) is 61.0 Å². The Kier molecular flexibility index (Phi) is 13.0. The zero-order chi connectivity index (χ0) is 46.9. The number of rotatable bonds is 7. The SMILES string of the molecule is C[C@@H]1O[C@H](O[C@@H]2[C@@H](O[C@H]3CC[C@]4(C)[C@H](CC[C@@]5(C)[C@@H]4CC=C4[C@@H]6[C@](C(=O)O[C@H]7O[C@@H](CO)[C@H](O)[C@@H](O)[C@@H]7O)(CC[C@H](C)[C@@]6(C)O)CC[C@]45C)C3(C)C)OC[C@H](O)[C@H]2O)[C@@H](O)[C@H](O)[C@H]1O. The van der Waals surface area contributed by atoms with Crippen LogP contribution in [0.5, 0.6) is 0 Å². The molecule has 0 radical (unpaired) electrons. The highest BCUT2D eigenvalue weighted by Gasteiger charge is 2.72. The standard InChI is InChI=1S/C47H76O17/c1-21-11-16-47(41(57)64-39-35(56)33(54)31(52)25(19-48)61-39)18-17-44(6)23(37(47)46(21,8)58)9-10-27-43(5)14-13-28(42(3,4)26(43)12-15-45(27,44)7)62-40-36(30(51)24(49)20-59-40)63-38-34(55)32(53)29(50)22(2)60-38/h9,21-22,24-40,48-56,58H,10-20H2,1-8H3/t21-,22-,24-,25-,26+,27+,28-,29-,30+,31-,32+,33+,34-,35-,36-,37-,38+,39+,40+,43+,44+,45-,46+,47-/m0/s1. The summed E-state index contributed by atoms with van der Waals surface area (Å²) in [5, 5.41) is 107. The van der Waals surface area contributed by atoms with Crippen LogP contribution in [-0.2, 0) is 33.2 Å². The number of ether oxygens (including phenoxy) is 6. The van der Waals surface area contributed by atoms with Gasteiger partial charge in [0.25, 0.3) is 0 Å². The molecule has 3 aliphatic heterocycles. The average Bonchev–Trinajstić information content (AvgIpc) is 3.24. The van der Waals surface area contributed by atoms with E-state index in [9.17, 15) is 55.9 Å². The van der Waals surface area contributed by atoms with Gasteiger partial charge >= 0.3 is 5.97 Å². The lowest BCUT2D eigenvalue weighted by atomic mass is 9.33.